The summed E-state index contributed by atoms with van der Waals surface area (Å²) in [7, 11) is 0. The average molecular weight is 320 g/mol. The standard InChI is InChI=1S/C20H26F2O/c21-19-17(10-2-1-5-15-6-3-7-15)11-12-18(20(19)22)23-14-13-16-8-4-9-16/h1,5,11-12,15-16H,2-4,6-10,13-14H2/b5-1+. The summed E-state index contributed by atoms with van der Waals surface area (Å²) in [5.74, 6) is -0.106. The molecule has 1 aromatic rings. The van der Waals surface area contributed by atoms with E-state index < -0.39 is 11.6 Å². The van der Waals surface area contributed by atoms with Crippen LogP contribution in [0.3, 0.4) is 0 Å². The molecule has 0 N–H and O–H groups in total. The molecule has 0 atom stereocenters. The Morgan fingerprint density at radius 3 is 2.48 bits per heavy atom. The monoisotopic (exact) mass is 320 g/mol. The van der Waals surface area contributed by atoms with Crippen LogP contribution in [0.15, 0.2) is 24.3 Å². The van der Waals surface area contributed by atoms with Gasteiger partial charge in [0.05, 0.1) is 6.61 Å². The molecule has 2 aliphatic carbocycles. The fraction of sp³-hybridized carbons (Fsp3) is 0.600. The molecule has 126 valence electrons. The highest BCUT2D eigenvalue weighted by Gasteiger charge is 2.18. The van der Waals surface area contributed by atoms with Crippen LogP contribution in [0.25, 0.3) is 0 Å². The largest absolute Gasteiger partial charge is 0.490 e. The van der Waals surface area contributed by atoms with Crippen molar-refractivity contribution < 1.29 is 13.5 Å². The topological polar surface area (TPSA) is 9.23 Å². The highest BCUT2D eigenvalue weighted by Crippen LogP contribution is 2.30. The lowest BCUT2D eigenvalue weighted by molar-refractivity contribution is 0.215. The van der Waals surface area contributed by atoms with Crippen LogP contribution < -0.4 is 4.74 Å². The van der Waals surface area contributed by atoms with Crippen LogP contribution in [-0.4, -0.2) is 6.61 Å². The SMILES string of the molecule is Fc1c(CC/C=C/C2CCC2)ccc(OCCC2CCC2)c1F. The minimum absolute atomic E-state index is 0.0515. The lowest BCUT2D eigenvalue weighted by atomic mass is 9.83. The van der Waals surface area contributed by atoms with E-state index in [9.17, 15) is 8.78 Å². The fourth-order valence-corrected chi connectivity index (χ4v) is 3.15. The summed E-state index contributed by atoms with van der Waals surface area (Å²) >= 11 is 0. The van der Waals surface area contributed by atoms with Gasteiger partial charge in [0, 0.05) is 0 Å². The van der Waals surface area contributed by atoms with Crippen molar-refractivity contribution in [2.45, 2.75) is 57.8 Å². The van der Waals surface area contributed by atoms with Crippen molar-refractivity contribution in [3.05, 3.63) is 41.5 Å². The van der Waals surface area contributed by atoms with E-state index in [0.29, 0.717) is 30.4 Å². The minimum Gasteiger partial charge on any atom is -0.490 e. The van der Waals surface area contributed by atoms with Crippen LogP contribution in [0.5, 0.6) is 5.75 Å². The van der Waals surface area contributed by atoms with Gasteiger partial charge in [-0.1, -0.05) is 43.9 Å². The first-order valence-electron chi connectivity index (χ1n) is 9.00. The Morgan fingerprint density at radius 2 is 1.83 bits per heavy atom. The molecule has 0 aromatic heterocycles. The van der Waals surface area contributed by atoms with Crippen LogP contribution in [0.1, 0.15) is 56.9 Å². The second-order valence-electron chi connectivity index (χ2n) is 6.94. The predicted octanol–water partition coefficient (Wildman–Crippen LogP) is 5.82. The zero-order chi connectivity index (χ0) is 16.1. The maximum atomic E-state index is 14.1. The maximum Gasteiger partial charge on any atom is 0.200 e. The molecule has 0 unspecified atom stereocenters. The summed E-state index contributed by atoms with van der Waals surface area (Å²) in [6.45, 7) is 0.477. The van der Waals surface area contributed by atoms with Gasteiger partial charge in [-0.3, -0.25) is 0 Å². The summed E-state index contributed by atoms with van der Waals surface area (Å²) in [5.41, 5.74) is 0.437. The molecular weight excluding hydrogens is 294 g/mol. The Bertz CT molecular complexity index is 545. The molecule has 2 fully saturated rings. The van der Waals surface area contributed by atoms with Gasteiger partial charge in [0.1, 0.15) is 0 Å². The Labute approximate surface area is 137 Å². The van der Waals surface area contributed by atoms with Crippen LogP contribution in [-0.2, 0) is 6.42 Å². The zero-order valence-electron chi connectivity index (χ0n) is 13.7. The summed E-state index contributed by atoms with van der Waals surface area (Å²) < 4.78 is 33.6. The molecule has 0 bridgehead atoms. The van der Waals surface area contributed by atoms with Crippen LogP contribution in [0.2, 0.25) is 0 Å². The second kappa shape index (κ2) is 7.94. The van der Waals surface area contributed by atoms with Crippen molar-refractivity contribution in [1.29, 1.82) is 0 Å². The number of halogens is 2. The van der Waals surface area contributed by atoms with Gasteiger partial charge in [0.25, 0.3) is 0 Å². The first-order valence-corrected chi connectivity index (χ1v) is 9.00. The van der Waals surface area contributed by atoms with Gasteiger partial charge < -0.3 is 4.74 Å². The number of benzene rings is 1. The normalized spacial score (nSPS) is 18.9. The predicted molar refractivity (Wildman–Crippen MR) is 88.6 cm³/mol. The summed E-state index contributed by atoms with van der Waals surface area (Å²) in [5, 5.41) is 0. The lowest BCUT2D eigenvalue weighted by Gasteiger charge is -2.25. The van der Waals surface area contributed by atoms with Gasteiger partial charge in [-0.05, 0) is 55.6 Å². The molecule has 2 saturated carbocycles. The number of rotatable bonds is 8. The molecule has 0 amide bonds. The smallest absolute Gasteiger partial charge is 0.200 e. The van der Waals surface area contributed by atoms with Gasteiger partial charge in [-0.15, -0.1) is 0 Å². The third kappa shape index (κ3) is 4.33. The van der Waals surface area contributed by atoms with Crippen LogP contribution >= 0.6 is 0 Å². The van der Waals surface area contributed by atoms with Gasteiger partial charge in [-0.2, -0.15) is 4.39 Å². The van der Waals surface area contributed by atoms with Crippen LogP contribution in [0, 0.1) is 23.5 Å². The molecule has 23 heavy (non-hydrogen) atoms. The van der Waals surface area contributed by atoms with Crippen molar-refractivity contribution in [1.82, 2.24) is 0 Å². The third-order valence-electron chi connectivity index (χ3n) is 5.27. The highest BCUT2D eigenvalue weighted by atomic mass is 19.2. The molecular formula is C20H26F2O. The molecule has 1 nitrogen and oxygen atoms in total. The molecule has 0 spiro atoms. The summed E-state index contributed by atoms with van der Waals surface area (Å²) in [4.78, 5) is 0. The number of ether oxygens (including phenoxy) is 1. The van der Waals surface area contributed by atoms with E-state index in [-0.39, 0.29) is 5.75 Å². The van der Waals surface area contributed by atoms with E-state index >= 15 is 0 Å². The Kier molecular flexibility index (Phi) is 5.69. The van der Waals surface area contributed by atoms with Crippen molar-refractivity contribution >= 4 is 0 Å². The second-order valence-corrected chi connectivity index (χ2v) is 6.94. The van der Waals surface area contributed by atoms with Gasteiger partial charge in [0.15, 0.2) is 11.6 Å². The molecule has 0 aliphatic heterocycles. The quantitative estimate of drug-likeness (QED) is 0.548. The van der Waals surface area contributed by atoms with Crippen molar-refractivity contribution in [3.63, 3.8) is 0 Å². The minimum atomic E-state index is -0.834. The average Bonchev–Trinajstić information content (AvgIpc) is 2.45. The zero-order valence-corrected chi connectivity index (χ0v) is 13.7. The third-order valence-corrected chi connectivity index (χ3v) is 5.27. The fourth-order valence-electron chi connectivity index (χ4n) is 3.15. The number of hydrogen-bond donors (Lipinski definition) is 0. The first-order chi connectivity index (χ1) is 11.2. The van der Waals surface area contributed by atoms with Gasteiger partial charge in [0.2, 0.25) is 5.82 Å². The molecule has 0 radical (unpaired) electrons. The maximum absolute atomic E-state index is 14.1. The van der Waals surface area contributed by atoms with Crippen molar-refractivity contribution in [2.75, 3.05) is 6.61 Å². The number of aryl methyl sites for hydroxylation is 1. The van der Waals surface area contributed by atoms with Gasteiger partial charge >= 0.3 is 0 Å². The summed E-state index contributed by atoms with van der Waals surface area (Å²) in [6.07, 6.45) is 14.2. The first kappa shape index (κ1) is 16.5. The molecule has 0 saturated heterocycles. The highest BCUT2D eigenvalue weighted by molar-refractivity contribution is 5.31. The Hall–Kier alpha value is -1.38. The molecule has 0 heterocycles. The van der Waals surface area contributed by atoms with E-state index in [1.165, 1.54) is 38.5 Å². The summed E-state index contributed by atoms with van der Waals surface area (Å²) in [6, 6.07) is 3.23. The molecule has 3 rings (SSSR count). The van der Waals surface area contributed by atoms with E-state index in [1.54, 1.807) is 12.1 Å². The van der Waals surface area contributed by atoms with Crippen LogP contribution in [0.4, 0.5) is 8.78 Å². The number of hydrogen-bond acceptors (Lipinski definition) is 1. The van der Waals surface area contributed by atoms with E-state index in [0.717, 1.165) is 12.8 Å². The molecule has 2 aliphatic rings. The van der Waals surface area contributed by atoms with E-state index in [4.69, 9.17) is 4.74 Å². The van der Waals surface area contributed by atoms with Crippen molar-refractivity contribution in [3.8, 4) is 5.75 Å². The molecule has 1 aromatic carbocycles. The Balaban J connectivity index is 1.48. The Morgan fingerprint density at radius 1 is 1.04 bits per heavy atom. The number of allylic oxidation sites excluding steroid dienone is 2. The van der Waals surface area contributed by atoms with Gasteiger partial charge in [-0.25, -0.2) is 4.39 Å². The lowest BCUT2D eigenvalue weighted by Crippen LogP contribution is -2.15. The van der Waals surface area contributed by atoms with E-state index in [2.05, 4.69) is 12.2 Å². The van der Waals surface area contributed by atoms with Crippen molar-refractivity contribution in [2.24, 2.45) is 11.8 Å². The van der Waals surface area contributed by atoms with E-state index in [1.807, 2.05) is 0 Å². The molecule has 3 heteroatoms.